The minimum Gasteiger partial charge on any atom is -0.490 e. The number of carbonyl (C=O) groups excluding carboxylic acids is 4. The summed E-state index contributed by atoms with van der Waals surface area (Å²) < 4.78 is 6.12. The van der Waals surface area contributed by atoms with Crippen LogP contribution in [0.15, 0.2) is 48.5 Å². The first-order valence-electron chi connectivity index (χ1n) is 20.1. The number of halogens is 1. The van der Waals surface area contributed by atoms with Crippen LogP contribution in [0.1, 0.15) is 95.3 Å². The third kappa shape index (κ3) is 7.73. The van der Waals surface area contributed by atoms with E-state index in [4.69, 9.17) is 27.3 Å². The number of β-amino-alcohol motifs (C(OH)–C–C–N with tert-alkyl or cyclic N) is 1. The molecule has 8 rings (SSSR count). The third-order valence-electron chi connectivity index (χ3n) is 12.8. The van der Waals surface area contributed by atoms with Gasteiger partial charge in [-0.25, -0.2) is 0 Å². The van der Waals surface area contributed by atoms with E-state index in [1.807, 2.05) is 6.07 Å². The molecule has 0 spiro atoms. The smallest absolute Gasteiger partial charge is 0.269 e. The lowest BCUT2D eigenvalue weighted by molar-refractivity contribution is -0.156. The number of rotatable bonds is 9. The summed E-state index contributed by atoms with van der Waals surface area (Å²) in [6.45, 7) is 3.43. The molecule has 4 amide bonds. The van der Waals surface area contributed by atoms with Gasteiger partial charge in [-0.2, -0.15) is 5.26 Å². The summed E-state index contributed by atoms with van der Waals surface area (Å²) in [4.78, 5) is 59.6. The molecule has 2 aromatic carbocycles. The van der Waals surface area contributed by atoms with Crippen molar-refractivity contribution in [2.24, 2.45) is 11.7 Å². The van der Waals surface area contributed by atoms with Crippen molar-refractivity contribution in [3.05, 3.63) is 81.5 Å². The van der Waals surface area contributed by atoms with Gasteiger partial charge in [0.1, 0.15) is 23.5 Å². The van der Waals surface area contributed by atoms with Gasteiger partial charge in [0, 0.05) is 63.4 Å². The number of anilines is 1. The SMILES string of the molecule is N#Cc1ccc(OC2CCC(N3C(=O)CC[C@H](N4Cc5cc([C@@]6(O)CCN(CC7CCN(c8ccc(C(N)=O)nn8)CC7)C[C@@H]6O)ccc5C4=O)C3=O)CC2)cc1Cl. The lowest BCUT2D eigenvalue weighted by Crippen LogP contribution is -2.58. The summed E-state index contributed by atoms with van der Waals surface area (Å²) in [5, 5.41) is 40.8. The number of aromatic nitrogens is 2. The fourth-order valence-corrected chi connectivity index (χ4v) is 9.63. The second kappa shape index (κ2) is 16.2. The molecule has 3 saturated heterocycles. The Morgan fingerprint density at radius 2 is 1.76 bits per heavy atom. The molecule has 4 fully saturated rings. The maximum Gasteiger partial charge on any atom is 0.269 e. The number of carbonyl (C=O) groups is 4. The Morgan fingerprint density at radius 1 is 0.983 bits per heavy atom. The lowest BCUT2D eigenvalue weighted by Gasteiger charge is -2.44. The van der Waals surface area contributed by atoms with E-state index in [2.05, 4.69) is 20.0 Å². The number of nitrogens with two attached hydrogens (primary N) is 1. The highest BCUT2D eigenvalue weighted by Crippen LogP contribution is 2.39. The summed E-state index contributed by atoms with van der Waals surface area (Å²) in [5.74, 6) is 0.189. The first-order valence-corrected chi connectivity index (χ1v) is 20.5. The summed E-state index contributed by atoms with van der Waals surface area (Å²) in [7, 11) is 0. The van der Waals surface area contributed by atoms with E-state index >= 15 is 0 Å². The van der Waals surface area contributed by atoms with E-state index < -0.39 is 23.7 Å². The minimum absolute atomic E-state index is 0.127. The number of aliphatic hydroxyl groups excluding tert-OH is 1. The molecule has 3 aromatic rings. The molecule has 1 saturated carbocycles. The highest BCUT2D eigenvalue weighted by atomic mass is 35.5. The van der Waals surface area contributed by atoms with Crippen LogP contribution in [-0.2, 0) is 21.7 Å². The van der Waals surface area contributed by atoms with E-state index in [1.165, 1.54) is 4.90 Å². The van der Waals surface area contributed by atoms with Crippen molar-refractivity contribution in [3.63, 3.8) is 0 Å². The van der Waals surface area contributed by atoms with E-state index in [1.54, 1.807) is 53.4 Å². The molecule has 0 bridgehead atoms. The summed E-state index contributed by atoms with van der Waals surface area (Å²) in [6, 6.07) is 14.4. The Morgan fingerprint density at radius 3 is 2.43 bits per heavy atom. The second-order valence-corrected chi connectivity index (χ2v) is 16.7. The largest absolute Gasteiger partial charge is 0.490 e. The average Bonchev–Trinajstić information content (AvgIpc) is 3.55. The zero-order valence-electron chi connectivity index (χ0n) is 32.1. The number of nitrogens with zero attached hydrogens (tertiary/aromatic N) is 7. The number of fused-ring (bicyclic) bond motifs is 1. The van der Waals surface area contributed by atoms with Crippen molar-refractivity contribution < 1.29 is 34.1 Å². The summed E-state index contributed by atoms with van der Waals surface area (Å²) in [5.41, 5.74) is 5.96. The number of hydrogen-bond acceptors (Lipinski definition) is 12. The predicted molar refractivity (Wildman–Crippen MR) is 210 cm³/mol. The van der Waals surface area contributed by atoms with E-state index in [-0.39, 0.29) is 54.9 Å². The Bertz CT molecular complexity index is 2130. The zero-order chi connectivity index (χ0) is 40.7. The number of ether oxygens (including phenoxy) is 1. The molecule has 16 heteroatoms. The van der Waals surface area contributed by atoms with Crippen LogP contribution in [0.25, 0.3) is 0 Å². The van der Waals surface area contributed by atoms with Crippen molar-refractivity contribution in [3.8, 4) is 11.8 Å². The maximum absolute atomic E-state index is 14.0. The van der Waals surface area contributed by atoms with Gasteiger partial charge in [-0.1, -0.05) is 23.7 Å². The van der Waals surface area contributed by atoms with Crippen LogP contribution in [0.5, 0.6) is 5.75 Å². The Kier molecular flexibility index (Phi) is 11.1. The zero-order valence-corrected chi connectivity index (χ0v) is 32.9. The van der Waals surface area contributed by atoms with Crippen LogP contribution in [-0.4, -0.2) is 116 Å². The number of piperidine rings is 3. The third-order valence-corrected chi connectivity index (χ3v) is 13.1. The highest BCUT2D eigenvalue weighted by Gasteiger charge is 2.47. The molecule has 3 atom stereocenters. The van der Waals surface area contributed by atoms with Crippen molar-refractivity contribution in [1.82, 2.24) is 24.9 Å². The molecule has 0 unspecified atom stereocenters. The highest BCUT2D eigenvalue weighted by molar-refractivity contribution is 6.31. The van der Waals surface area contributed by atoms with Gasteiger partial charge in [0.2, 0.25) is 5.91 Å². The molecule has 5 aliphatic rings. The number of primary amides is 1. The van der Waals surface area contributed by atoms with Gasteiger partial charge in [-0.15, -0.1) is 10.2 Å². The molecule has 58 heavy (non-hydrogen) atoms. The predicted octanol–water partition coefficient (Wildman–Crippen LogP) is 3.13. The number of aliphatic hydroxyl groups is 2. The number of benzene rings is 2. The van der Waals surface area contributed by atoms with E-state index in [9.17, 15) is 29.4 Å². The molecule has 5 heterocycles. The van der Waals surface area contributed by atoms with Gasteiger partial charge in [0.25, 0.3) is 17.7 Å². The number of hydrogen-bond donors (Lipinski definition) is 3. The van der Waals surface area contributed by atoms with Crippen LogP contribution < -0.4 is 15.4 Å². The molecule has 4 aliphatic heterocycles. The molecule has 1 aromatic heterocycles. The molecular formula is C42H47ClN8O7. The fraction of sp³-hybridized carbons (Fsp3) is 0.500. The number of likely N-dealkylation sites (tertiary alicyclic amines) is 2. The van der Waals surface area contributed by atoms with Gasteiger partial charge < -0.3 is 35.4 Å². The molecular weight excluding hydrogens is 764 g/mol. The lowest BCUT2D eigenvalue weighted by atomic mass is 9.80. The Labute approximate surface area is 341 Å². The fourth-order valence-electron chi connectivity index (χ4n) is 9.42. The minimum atomic E-state index is -1.50. The normalized spacial score (nSPS) is 27.1. The van der Waals surface area contributed by atoms with Crippen LogP contribution in [0.4, 0.5) is 5.82 Å². The summed E-state index contributed by atoms with van der Waals surface area (Å²) >= 11 is 6.18. The number of nitriles is 1. The molecule has 304 valence electrons. The molecule has 0 radical (unpaired) electrons. The van der Waals surface area contributed by atoms with Crippen LogP contribution in [0, 0.1) is 17.2 Å². The Balaban J connectivity index is 0.850. The first kappa shape index (κ1) is 39.7. The quantitative estimate of drug-likeness (QED) is 0.267. The van der Waals surface area contributed by atoms with E-state index in [0.717, 1.165) is 32.5 Å². The van der Waals surface area contributed by atoms with Gasteiger partial charge in [0.05, 0.1) is 22.8 Å². The standard InChI is InChI=1S/C42H47ClN8O7/c43-33-20-31(5-1-26(33)21-44)58-30-6-3-29(4-7-30)51-38(53)12-10-35(41(51)56)50-23-27-19-28(2-8-32(27)40(50)55)42(57)15-18-48(24-36(42)52)22-25-13-16-49(17-14-25)37-11-9-34(39(45)54)46-47-37/h1-2,5,8-9,11,19-20,25,29-30,35-36,52,57H,3-4,6-7,10,12-18,22-24H2,(H2,45,54)/t29?,30?,35-,36-,42-/m0/s1. The van der Waals surface area contributed by atoms with Crippen molar-refractivity contribution in [2.75, 3.05) is 37.6 Å². The van der Waals surface area contributed by atoms with Gasteiger partial charge in [-0.05, 0) is 98.7 Å². The topological polar surface area (TPSA) is 207 Å². The Hall–Kier alpha value is -5.14. The monoisotopic (exact) mass is 810 g/mol. The van der Waals surface area contributed by atoms with Crippen molar-refractivity contribution in [1.29, 1.82) is 5.26 Å². The maximum atomic E-state index is 14.0. The molecule has 1 aliphatic carbocycles. The number of amides is 4. The van der Waals surface area contributed by atoms with Gasteiger partial charge >= 0.3 is 0 Å². The van der Waals surface area contributed by atoms with Gasteiger partial charge in [0.15, 0.2) is 11.5 Å². The summed E-state index contributed by atoms with van der Waals surface area (Å²) in [6.07, 6.45) is 3.78. The average molecular weight is 811 g/mol. The van der Waals surface area contributed by atoms with Crippen LogP contribution in [0.2, 0.25) is 5.02 Å². The van der Waals surface area contributed by atoms with Gasteiger partial charge in [-0.3, -0.25) is 24.1 Å². The molecule has 4 N–H and O–H groups in total. The second-order valence-electron chi connectivity index (χ2n) is 16.3. The number of imide groups is 1. The van der Waals surface area contributed by atoms with Crippen LogP contribution in [0.3, 0.4) is 0 Å². The van der Waals surface area contributed by atoms with E-state index in [0.29, 0.717) is 90.0 Å². The molecule has 15 nitrogen and oxygen atoms in total. The van der Waals surface area contributed by atoms with Crippen molar-refractivity contribution >= 4 is 41.0 Å². The first-order chi connectivity index (χ1) is 27.9. The van der Waals surface area contributed by atoms with Crippen molar-refractivity contribution in [2.45, 2.75) is 94.2 Å². The van der Waals surface area contributed by atoms with Crippen LogP contribution >= 0.6 is 11.6 Å².